The fraction of sp³-hybridized carbons (Fsp3) is 0.800. The van der Waals surface area contributed by atoms with Gasteiger partial charge in [-0.3, -0.25) is 4.84 Å². The molecule has 0 heterocycles. The summed E-state index contributed by atoms with van der Waals surface area (Å²) in [6.07, 6.45) is 0. The van der Waals surface area contributed by atoms with Crippen LogP contribution in [0.5, 0.6) is 0 Å². The highest BCUT2D eigenvalue weighted by Crippen LogP contribution is 1.76. The smallest absolute Gasteiger partial charge is 0.334 e. The molecule has 1 N–H and O–H groups in total. The van der Waals surface area contributed by atoms with E-state index in [9.17, 15) is 4.79 Å². The lowest BCUT2D eigenvalue weighted by Crippen LogP contribution is -2.18. The van der Waals surface area contributed by atoms with Crippen LogP contribution in [0, 0.1) is 0 Å². The minimum atomic E-state index is -0.355. The average molecular weight is 133 g/mol. The van der Waals surface area contributed by atoms with Gasteiger partial charge in [-0.1, -0.05) is 0 Å². The number of carbonyl (C=O) groups is 1. The number of esters is 1. The molecule has 0 aromatic heterocycles. The van der Waals surface area contributed by atoms with Gasteiger partial charge in [0.15, 0.2) is 6.61 Å². The molecule has 0 radical (unpaired) electrons. The van der Waals surface area contributed by atoms with Crippen LogP contribution < -0.4 is 5.48 Å². The van der Waals surface area contributed by atoms with Crippen LogP contribution in [0.15, 0.2) is 0 Å². The Bertz CT molecular complexity index is 84.3. The highest BCUT2D eigenvalue weighted by atomic mass is 16.7. The largest absolute Gasteiger partial charge is 0.464 e. The van der Waals surface area contributed by atoms with Crippen molar-refractivity contribution in [1.82, 2.24) is 5.48 Å². The van der Waals surface area contributed by atoms with Gasteiger partial charge in [-0.25, -0.2) is 10.3 Å². The molecule has 0 aliphatic heterocycles. The van der Waals surface area contributed by atoms with E-state index in [-0.39, 0.29) is 12.6 Å². The first kappa shape index (κ1) is 8.39. The number of ether oxygens (including phenoxy) is 1. The van der Waals surface area contributed by atoms with Crippen LogP contribution in [0.1, 0.15) is 6.92 Å². The van der Waals surface area contributed by atoms with Crippen molar-refractivity contribution in [2.45, 2.75) is 6.92 Å². The summed E-state index contributed by atoms with van der Waals surface area (Å²) in [6.45, 7) is 2.10. The van der Waals surface area contributed by atoms with Crippen LogP contribution in [0.4, 0.5) is 0 Å². The molecule has 0 unspecified atom stereocenters. The van der Waals surface area contributed by atoms with E-state index in [0.717, 1.165) is 0 Å². The molecular weight excluding hydrogens is 122 g/mol. The van der Waals surface area contributed by atoms with Crippen molar-refractivity contribution in [2.75, 3.05) is 20.3 Å². The summed E-state index contributed by atoms with van der Waals surface area (Å²) < 4.78 is 4.54. The first-order valence-corrected chi connectivity index (χ1v) is 2.75. The molecule has 0 aromatic rings. The number of rotatable bonds is 4. The molecule has 0 atom stereocenters. The lowest BCUT2D eigenvalue weighted by molar-refractivity contribution is -0.150. The number of hydroxylamine groups is 1. The highest BCUT2D eigenvalue weighted by Gasteiger charge is 1.98. The normalized spacial score (nSPS) is 9.11. The summed E-state index contributed by atoms with van der Waals surface area (Å²) >= 11 is 0. The number of hydrogen-bond donors (Lipinski definition) is 1. The molecule has 4 nitrogen and oxygen atoms in total. The predicted molar refractivity (Wildman–Crippen MR) is 31.6 cm³/mol. The maximum Gasteiger partial charge on any atom is 0.334 e. The lowest BCUT2D eigenvalue weighted by atomic mass is 10.7. The second-order valence-corrected chi connectivity index (χ2v) is 1.30. The van der Waals surface area contributed by atoms with Crippen molar-refractivity contribution >= 4 is 5.97 Å². The third kappa shape index (κ3) is 5.26. The third-order valence-corrected chi connectivity index (χ3v) is 0.640. The molecular formula is C5H11NO3. The summed E-state index contributed by atoms with van der Waals surface area (Å²) in [5.74, 6) is -0.355. The Morgan fingerprint density at radius 2 is 2.33 bits per heavy atom. The Morgan fingerprint density at radius 1 is 1.67 bits per heavy atom. The summed E-state index contributed by atoms with van der Waals surface area (Å²) in [5.41, 5.74) is 2.36. The fourth-order valence-electron chi connectivity index (χ4n) is 0.334. The number of carbonyl (C=O) groups excluding carboxylic acids is 1. The van der Waals surface area contributed by atoms with Gasteiger partial charge in [0, 0.05) is 7.05 Å². The monoisotopic (exact) mass is 133 g/mol. The lowest BCUT2D eigenvalue weighted by Gasteiger charge is -1.99. The Kier molecular flexibility index (Phi) is 5.15. The maximum absolute atomic E-state index is 10.4. The summed E-state index contributed by atoms with van der Waals surface area (Å²) in [5, 5.41) is 0. The molecule has 9 heavy (non-hydrogen) atoms. The van der Waals surface area contributed by atoms with Gasteiger partial charge < -0.3 is 4.74 Å². The Morgan fingerprint density at radius 3 is 2.78 bits per heavy atom. The van der Waals surface area contributed by atoms with Crippen LogP contribution in [0.2, 0.25) is 0 Å². The van der Waals surface area contributed by atoms with E-state index in [2.05, 4.69) is 15.1 Å². The standard InChI is InChI=1S/C5H11NO3/c1-3-8-5(7)4-9-6-2/h6H,3-4H2,1-2H3. The zero-order valence-corrected chi connectivity index (χ0v) is 5.64. The Hall–Kier alpha value is -0.610. The van der Waals surface area contributed by atoms with Gasteiger partial charge in [0.1, 0.15) is 0 Å². The van der Waals surface area contributed by atoms with Crippen LogP contribution >= 0.6 is 0 Å². The minimum absolute atomic E-state index is 0.0374. The van der Waals surface area contributed by atoms with Crippen molar-refractivity contribution in [3.8, 4) is 0 Å². The second-order valence-electron chi connectivity index (χ2n) is 1.30. The first-order chi connectivity index (χ1) is 4.31. The predicted octanol–water partition coefficient (Wildman–Crippen LogP) is -0.300. The summed E-state index contributed by atoms with van der Waals surface area (Å²) in [6, 6.07) is 0. The molecule has 0 fully saturated rings. The molecule has 0 aliphatic carbocycles. The van der Waals surface area contributed by atoms with Crippen molar-refractivity contribution in [1.29, 1.82) is 0 Å². The molecule has 0 aliphatic rings. The topological polar surface area (TPSA) is 47.6 Å². The van der Waals surface area contributed by atoms with Crippen molar-refractivity contribution in [2.24, 2.45) is 0 Å². The molecule has 4 heteroatoms. The second kappa shape index (κ2) is 5.53. The SMILES string of the molecule is CCOC(=O)CONC. The molecule has 0 aromatic carbocycles. The molecule has 0 amide bonds. The third-order valence-electron chi connectivity index (χ3n) is 0.640. The van der Waals surface area contributed by atoms with E-state index >= 15 is 0 Å². The highest BCUT2D eigenvalue weighted by molar-refractivity contribution is 5.70. The van der Waals surface area contributed by atoms with E-state index in [1.807, 2.05) is 0 Å². The number of hydrogen-bond acceptors (Lipinski definition) is 4. The van der Waals surface area contributed by atoms with Gasteiger partial charge in [0.25, 0.3) is 0 Å². The van der Waals surface area contributed by atoms with Gasteiger partial charge in [0.2, 0.25) is 0 Å². The first-order valence-electron chi connectivity index (χ1n) is 2.75. The maximum atomic E-state index is 10.4. The fourth-order valence-corrected chi connectivity index (χ4v) is 0.334. The van der Waals surface area contributed by atoms with Crippen LogP contribution in [0.3, 0.4) is 0 Å². The van der Waals surface area contributed by atoms with Gasteiger partial charge in [-0.05, 0) is 6.92 Å². The quantitative estimate of drug-likeness (QED) is 0.422. The Balaban J connectivity index is 3.06. The van der Waals surface area contributed by atoms with Gasteiger partial charge in [0.05, 0.1) is 6.61 Å². The molecule has 0 spiro atoms. The van der Waals surface area contributed by atoms with Gasteiger partial charge in [-0.2, -0.15) is 0 Å². The Labute approximate surface area is 54.1 Å². The van der Waals surface area contributed by atoms with Crippen molar-refractivity contribution < 1.29 is 14.4 Å². The molecule has 0 saturated heterocycles. The van der Waals surface area contributed by atoms with E-state index in [1.54, 1.807) is 14.0 Å². The van der Waals surface area contributed by atoms with Crippen LogP contribution in [0.25, 0.3) is 0 Å². The van der Waals surface area contributed by atoms with Crippen LogP contribution in [-0.2, 0) is 14.4 Å². The molecule has 0 rings (SSSR count). The zero-order valence-electron chi connectivity index (χ0n) is 5.64. The van der Waals surface area contributed by atoms with E-state index in [1.165, 1.54) is 0 Å². The van der Waals surface area contributed by atoms with Crippen molar-refractivity contribution in [3.05, 3.63) is 0 Å². The summed E-state index contributed by atoms with van der Waals surface area (Å²) in [7, 11) is 1.58. The van der Waals surface area contributed by atoms with E-state index in [4.69, 9.17) is 0 Å². The van der Waals surface area contributed by atoms with Gasteiger partial charge >= 0.3 is 5.97 Å². The molecule has 54 valence electrons. The average Bonchev–Trinajstić information content (AvgIpc) is 1.85. The number of nitrogens with one attached hydrogen (secondary N) is 1. The van der Waals surface area contributed by atoms with Crippen LogP contribution in [-0.4, -0.2) is 26.2 Å². The van der Waals surface area contributed by atoms with E-state index in [0.29, 0.717) is 6.61 Å². The van der Waals surface area contributed by atoms with Gasteiger partial charge in [-0.15, -0.1) is 0 Å². The van der Waals surface area contributed by atoms with Crippen molar-refractivity contribution in [3.63, 3.8) is 0 Å². The van der Waals surface area contributed by atoms with E-state index < -0.39 is 0 Å². The molecule has 0 bridgehead atoms. The summed E-state index contributed by atoms with van der Waals surface area (Å²) in [4.78, 5) is 14.9. The zero-order chi connectivity index (χ0) is 7.11. The minimum Gasteiger partial charge on any atom is -0.464 e. The molecule has 0 saturated carbocycles.